The number of rotatable bonds is 6. The maximum Gasteiger partial charge on any atom is 0.125 e. The number of hydrogen-bond donors (Lipinski definition) is 0. The quantitative estimate of drug-likeness (QED) is 0.751. The summed E-state index contributed by atoms with van der Waals surface area (Å²) in [6.45, 7) is 6.17. The molecule has 20 heavy (non-hydrogen) atoms. The van der Waals surface area contributed by atoms with Gasteiger partial charge in [0.15, 0.2) is 0 Å². The minimum atomic E-state index is 0.782. The molecule has 0 radical (unpaired) electrons. The Hall–Kier alpha value is -1.84. The Bertz CT molecular complexity index is 549. The van der Waals surface area contributed by atoms with Crippen molar-refractivity contribution in [2.45, 2.75) is 52.9 Å². The molecule has 2 heterocycles. The van der Waals surface area contributed by atoms with Crippen LogP contribution in [-0.4, -0.2) is 19.9 Å². The van der Waals surface area contributed by atoms with Crippen LogP contribution in [0, 0.1) is 13.8 Å². The summed E-state index contributed by atoms with van der Waals surface area (Å²) in [6, 6.07) is 0. The molecule has 4 nitrogen and oxygen atoms in total. The summed E-state index contributed by atoms with van der Waals surface area (Å²) in [5, 5.41) is 0. The molecule has 0 N–H and O–H groups in total. The Labute approximate surface area is 120 Å². The van der Waals surface area contributed by atoms with E-state index in [0.717, 1.165) is 29.2 Å². The summed E-state index contributed by atoms with van der Waals surface area (Å²) in [5.41, 5.74) is 4.25. The summed E-state index contributed by atoms with van der Waals surface area (Å²) in [6.07, 6.45) is 11.3. The fourth-order valence-corrected chi connectivity index (χ4v) is 2.29. The van der Waals surface area contributed by atoms with Crippen LogP contribution >= 0.6 is 0 Å². The Kier molecular flexibility index (Phi) is 5.16. The van der Waals surface area contributed by atoms with Gasteiger partial charge in [-0.2, -0.15) is 0 Å². The van der Waals surface area contributed by atoms with E-state index in [1.54, 1.807) is 6.33 Å². The molecule has 0 unspecified atom stereocenters. The second kappa shape index (κ2) is 7.08. The summed E-state index contributed by atoms with van der Waals surface area (Å²) in [7, 11) is 0. The first-order valence-electron chi connectivity index (χ1n) is 7.32. The molecule has 0 amide bonds. The van der Waals surface area contributed by atoms with Crippen LogP contribution in [0.4, 0.5) is 0 Å². The maximum absolute atomic E-state index is 4.45. The van der Waals surface area contributed by atoms with Gasteiger partial charge in [-0.05, 0) is 32.3 Å². The van der Waals surface area contributed by atoms with Gasteiger partial charge in [0.05, 0.1) is 5.69 Å². The number of hydrogen-bond acceptors (Lipinski definition) is 4. The number of nitrogens with zero attached hydrogens (tertiary/aromatic N) is 4. The lowest BCUT2D eigenvalue weighted by molar-refractivity contribution is 0.663. The molecular formula is C16H22N4. The van der Waals surface area contributed by atoms with E-state index in [2.05, 4.69) is 33.8 Å². The SMILES string of the molecule is CCCCCCc1c(C)ncnc1-c1cnc(C)nc1. The van der Waals surface area contributed by atoms with Crippen LogP contribution in [0.5, 0.6) is 0 Å². The van der Waals surface area contributed by atoms with Crippen LogP contribution < -0.4 is 0 Å². The van der Waals surface area contributed by atoms with Gasteiger partial charge in [0, 0.05) is 23.7 Å². The predicted octanol–water partition coefficient (Wildman–Crippen LogP) is 3.67. The highest BCUT2D eigenvalue weighted by Gasteiger charge is 2.11. The molecule has 2 rings (SSSR count). The van der Waals surface area contributed by atoms with Gasteiger partial charge in [-0.1, -0.05) is 26.2 Å². The van der Waals surface area contributed by atoms with Gasteiger partial charge in [0.2, 0.25) is 0 Å². The van der Waals surface area contributed by atoms with Crippen molar-refractivity contribution in [2.75, 3.05) is 0 Å². The number of aromatic nitrogens is 4. The zero-order valence-corrected chi connectivity index (χ0v) is 12.6. The first-order valence-corrected chi connectivity index (χ1v) is 7.32. The highest BCUT2D eigenvalue weighted by atomic mass is 14.9. The van der Waals surface area contributed by atoms with Gasteiger partial charge >= 0.3 is 0 Å². The predicted molar refractivity (Wildman–Crippen MR) is 80.4 cm³/mol. The van der Waals surface area contributed by atoms with Crippen LogP contribution in [0.2, 0.25) is 0 Å². The molecule has 2 aromatic heterocycles. The topological polar surface area (TPSA) is 51.6 Å². The number of unbranched alkanes of at least 4 members (excludes halogenated alkanes) is 3. The summed E-state index contributed by atoms with van der Waals surface area (Å²) in [5.74, 6) is 0.782. The fourth-order valence-electron chi connectivity index (χ4n) is 2.29. The van der Waals surface area contributed by atoms with Crippen molar-refractivity contribution >= 4 is 0 Å². The summed E-state index contributed by atoms with van der Waals surface area (Å²) < 4.78 is 0. The molecule has 0 fully saturated rings. The smallest absolute Gasteiger partial charge is 0.125 e. The van der Waals surface area contributed by atoms with E-state index in [0.29, 0.717) is 0 Å². The van der Waals surface area contributed by atoms with Crippen LogP contribution in [0.25, 0.3) is 11.3 Å². The van der Waals surface area contributed by atoms with Gasteiger partial charge in [-0.25, -0.2) is 19.9 Å². The maximum atomic E-state index is 4.45. The molecule has 0 bridgehead atoms. The molecule has 106 valence electrons. The first-order chi connectivity index (χ1) is 9.72. The molecule has 2 aromatic rings. The lowest BCUT2D eigenvalue weighted by atomic mass is 10.0. The van der Waals surface area contributed by atoms with E-state index in [1.807, 2.05) is 19.3 Å². The summed E-state index contributed by atoms with van der Waals surface area (Å²) in [4.78, 5) is 17.3. The first kappa shape index (κ1) is 14.6. The molecule has 0 saturated heterocycles. The molecular weight excluding hydrogens is 248 g/mol. The Morgan fingerprint density at radius 2 is 1.65 bits per heavy atom. The highest BCUT2D eigenvalue weighted by Crippen LogP contribution is 2.23. The molecule has 0 spiro atoms. The van der Waals surface area contributed by atoms with E-state index >= 15 is 0 Å². The second-order valence-electron chi connectivity index (χ2n) is 5.12. The van der Waals surface area contributed by atoms with Crippen molar-refractivity contribution in [3.05, 3.63) is 35.8 Å². The second-order valence-corrected chi connectivity index (χ2v) is 5.12. The van der Waals surface area contributed by atoms with Crippen molar-refractivity contribution < 1.29 is 0 Å². The minimum Gasteiger partial charge on any atom is -0.241 e. The third-order valence-electron chi connectivity index (χ3n) is 3.50. The van der Waals surface area contributed by atoms with E-state index in [9.17, 15) is 0 Å². The average molecular weight is 270 g/mol. The normalized spacial score (nSPS) is 10.8. The molecule has 0 aliphatic heterocycles. The van der Waals surface area contributed by atoms with Crippen LogP contribution in [0.3, 0.4) is 0 Å². The number of aryl methyl sites for hydroxylation is 2. The lowest BCUT2D eigenvalue weighted by Crippen LogP contribution is -2.01. The van der Waals surface area contributed by atoms with Gasteiger partial charge in [-0.3, -0.25) is 0 Å². The minimum absolute atomic E-state index is 0.782. The standard InChI is InChI=1S/C16H22N4/c1-4-5-6-7-8-15-12(2)19-11-20-16(15)14-9-17-13(3)18-10-14/h9-11H,4-8H2,1-3H3. The van der Waals surface area contributed by atoms with E-state index in [-0.39, 0.29) is 0 Å². The molecule has 4 heteroatoms. The largest absolute Gasteiger partial charge is 0.241 e. The zero-order chi connectivity index (χ0) is 14.4. The van der Waals surface area contributed by atoms with Gasteiger partial charge in [-0.15, -0.1) is 0 Å². The van der Waals surface area contributed by atoms with Crippen LogP contribution in [-0.2, 0) is 6.42 Å². The van der Waals surface area contributed by atoms with Crippen LogP contribution in [0.15, 0.2) is 18.7 Å². The van der Waals surface area contributed by atoms with Crippen LogP contribution in [0.1, 0.15) is 49.7 Å². The van der Waals surface area contributed by atoms with Gasteiger partial charge in [0.25, 0.3) is 0 Å². The zero-order valence-electron chi connectivity index (χ0n) is 12.6. The molecule has 0 aliphatic carbocycles. The van der Waals surface area contributed by atoms with Crippen molar-refractivity contribution in [1.29, 1.82) is 0 Å². The Morgan fingerprint density at radius 3 is 2.35 bits per heavy atom. The Balaban J connectivity index is 2.23. The van der Waals surface area contributed by atoms with Gasteiger partial charge < -0.3 is 0 Å². The molecule has 0 atom stereocenters. The summed E-state index contributed by atoms with van der Waals surface area (Å²) >= 11 is 0. The molecule has 0 aromatic carbocycles. The average Bonchev–Trinajstić information content (AvgIpc) is 2.46. The van der Waals surface area contributed by atoms with Gasteiger partial charge in [0.1, 0.15) is 12.2 Å². The van der Waals surface area contributed by atoms with Crippen molar-refractivity contribution in [3.8, 4) is 11.3 Å². The van der Waals surface area contributed by atoms with E-state index < -0.39 is 0 Å². The third-order valence-corrected chi connectivity index (χ3v) is 3.50. The third kappa shape index (κ3) is 3.59. The lowest BCUT2D eigenvalue weighted by Gasteiger charge is -2.10. The van der Waals surface area contributed by atoms with Crippen molar-refractivity contribution in [2.24, 2.45) is 0 Å². The van der Waals surface area contributed by atoms with E-state index in [4.69, 9.17) is 0 Å². The van der Waals surface area contributed by atoms with E-state index in [1.165, 1.54) is 31.2 Å². The fraction of sp³-hybridized carbons (Fsp3) is 0.500. The highest BCUT2D eigenvalue weighted by molar-refractivity contribution is 5.61. The molecule has 0 aliphatic rings. The monoisotopic (exact) mass is 270 g/mol. The Morgan fingerprint density at radius 1 is 0.900 bits per heavy atom. The molecule has 0 saturated carbocycles. The van der Waals surface area contributed by atoms with Crippen molar-refractivity contribution in [1.82, 2.24) is 19.9 Å². The van der Waals surface area contributed by atoms with Crippen molar-refractivity contribution in [3.63, 3.8) is 0 Å².